The van der Waals surface area contributed by atoms with Gasteiger partial charge < -0.3 is 10.2 Å². The SMILES string of the molecule is C[C@@H]1CN(C(c2ccc(Cl)cc2)c2ccc(Cl)cc2)C[C@H](C)N1C(=O)CC1CCNCC1. The van der Waals surface area contributed by atoms with Gasteiger partial charge in [0, 0.05) is 41.6 Å². The number of hydrogen-bond acceptors (Lipinski definition) is 3. The van der Waals surface area contributed by atoms with E-state index in [0.29, 0.717) is 18.2 Å². The number of halogens is 2. The molecule has 2 heterocycles. The maximum atomic E-state index is 13.2. The van der Waals surface area contributed by atoms with Gasteiger partial charge in [-0.3, -0.25) is 9.69 Å². The van der Waals surface area contributed by atoms with Crippen LogP contribution in [-0.2, 0) is 4.79 Å². The van der Waals surface area contributed by atoms with E-state index in [-0.39, 0.29) is 18.1 Å². The first kappa shape index (κ1) is 23.6. The minimum absolute atomic E-state index is 0.0936. The molecule has 0 unspecified atom stereocenters. The molecule has 2 atom stereocenters. The van der Waals surface area contributed by atoms with Crippen molar-refractivity contribution in [1.29, 1.82) is 0 Å². The predicted molar refractivity (Wildman–Crippen MR) is 132 cm³/mol. The quantitative estimate of drug-likeness (QED) is 0.631. The van der Waals surface area contributed by atoms with Crippen LogP contribution in [-0.4, -0.2) is 54.0 Å². The first-order valence-corrected chi connectivity index (χ1v) is 12.4. The lowest BCUT2D eigenvalue weighted by Gasteiger charge is -2.47. The first-order chi connectivity index (χ1) is 15.4. The monoisotopic (exact) mass is 473 g/mol. The highest BCUT2D eigenvalue weighted by molar-refractivity contribution is 6.30. The molecule has 0 radical (unpaired) electrons. The molecular formula is C26H33Cl2N3O. The Morgan fingerprint density at radius 2 is 1.38 bits per heavy atom. The number of benzene rings is 2. The molecule has 0 aromatic heterocycles. The second kappa shape index (κ2) is 10.6. The van der Waals surface area contributed by atoms with E-state index in [1.54, 1.807) is 0 Å². The highest BCUT2D eigenvalue weighted by Crippen LogP contribution is 2.34. The van der Waals surface area contributed by atoms with Gasteiger partial charge in [0.15, 0.2) is 0 Å². The number of carbonyl (C=O) groups excluding carboxylic acids is 1. The number of nitrogens with one attached hydrogen (secondary N) is 1. The summed E-state index contributed by atoms with van der Waals surface area (Å²) in [5.74, 6) is 0.822. The molecule has 2 aromatic rings. The van der Waals surface area contributed by atoms with Gasteiger partial charge in [-0.05, 0) is 81.1 Å². The molecule has 2 aromatic carbocycles. The molecule has 172 valence electrons. The van der Waals surface area contributed by atoms with Gasteiger partial charge in [0.2, 0.25) is 5.91 Å². The third-order valence-electron chi connectivity index (χ3n) is 6.89. The third kappa shape index (κ3) is 5.48. The first-order valence-electron chi connectivity index (χ1n) is 11.7. The van der Waals surface area contributed by atoms with Crippen LogP contribution in [0.3, 0.4) is 0 Å². The van der Waals surface area contributed by atoms with Crippen molar-refractivity contribution in [3.63, 3.8) is 0 Å². The van der Waals surface area contributed by atoms with E-state index < -0.39 is 0 Å². The molecule has 2 aliphatic rings. The van der Waals surface area contributed by atoms with Crippen LogP contribution in [0.4, 0.5) is 0 Å². The lowest BCUT2D eigenvalue weighted by molar-refractivity contribution is -0.140. The Morgan fingerprint density at radius 1 is 0.906 bits per heavy atom. The van der Waals surface area contributed by atoms with Crippen molar-refractivity contribution < 1.29 is 4.79 Å². The summed E-state index contributed by atoms with van der Waals surface area (Å²) in [7, 11) is 0. The minimum atomic E-state index is 0.0936. The summed E-state index contributed by atoms with van der Waals surface area (Å²) in [6.07, 6.45) is 2.88. The van der Waals surface area contributed by atoms with Crippen molar-refractivity contribution in [3.05, 3.63) is 69.7 Å². The average molecular weight is 474 g/mol. The van der Waals surface area contributed by atoms with Crippen LogP contribution >= 0.6 is 23.2 Å². The number of amides is 1. The van der Waals surface area contributed by atoms with E-state index >= 15 is 0 Å². The topological polar surface area (TPSA) is 35.6 Å². The van der Waals surface area contributed by atoms with Crippen molar-refractivity contribution in [1.82, 2.24) is 15.1 Å². The Bertz CT molecular complexity index is 839. The number of carbonyl (C=O) groups is 1. The standard InChI is InChI=1S/C26H33Cl2N3O/c1-18-16-30(17-19(2)31(18)25(32)15-20-11-13-29-14-12-20)26(21-3-7-23(27)8-4-21)22-5-9-24(28)10-6-22/h3-10,18-20,26,29H,11-17H2,1-2H3/t18-,19+. The second-order valence-corrected chi connectivity index (χ2v) is 10.2. The summed E-state index contributed by atoms with van der Waals surface area (Å²) in [6.45, 7) is 8.09. The maximum absolute atomic E-state index is 13.2. The van der Waals surface area contributed by atoms with Crippen LogP contribution in [0.15, 0.2) is 48.5 Å². The third-order valence-corrected chi connectivity index (χ3v) is 7.40. The number of rotatable bonds is 5. The molecule has 0 spiro atoms. The highest BCUT2D eigenvalue weighted by Gasteiger charge is 2.37. The van der Waals surface area contributed by atoms with Crippen molar-refractivity contribution in [3.8, 4) is 0 Å². The average Bonchev–Trinajstić information content (AvgIpc) is 2.77. The lowest BCUT2D eigenvalue weighted by Crippen LogP contribution is -2.59. The lowest BCUT2D eigenvalue weighted by atomic mass is 9.92. The van der Waals surface area contributed by atoms with Crippen LogP contribution < -0.4 is 5.32 Å². The summed E-state index contributed by atoms with van der Waals surface area (Å²) < 4.78 is 0. The minimum Gasteiger partial charge on any atom is -0.335 e. The molecule has 0 aliphatic carbocycles. The van der Waals surface area contributed by atoms with E-state index in [9.17, 15) is 4.79 Å². The molecule has 1 N–H and O–H groups in total. The summed E-state index contributed by atoms with van der Waals surface area (Å²) in [4.78, 5) is 17.9. The maximum Gasteiger partial charge on any atom is 0.223 e. The van der Waals surface area contributed by atoms with Gasteiger partial charge in [-0.1, -0.05) is 47.5 Å². The van der Waals surface area contributed by atoms with Crippen LogP contribution in [0.2, 0.25) is 10.0 Å². The Labute approximate surface area is 201 Å². The summed E-state index contributed by atoms with van der Waals surface area (Å²) in [6, 6.07) is 16.6. The molecule has 0 bridgehead atoms. The van der Waals surface area contributed by atoms with Crippen LogP contribution in [0.25, 0.3) is 0 Å². The van der Waals surface area contributed by atoms with Crippen molar-refractivity contribution >= 4 is 29.1 Å². The molecule has 2 saturated heterocycles. The zero-order valence-corrected chi connectivity index (χ0v) is 20.4. The van der Waals surface area contributed by atoms with Gasteiger partial charge in [-0.25, -0.2) is 0 Å². The molecule has 0 saturated carbocycles. The van der Waals surface area contributed by atoms with Gasteiger partial charge in [0.1, 0.15) is 0 Å². The number of piperidine rings is 1. The molecule has 6 heteroatoms. The Hall–Kier alpha value is -1.59. The fraction of sp³-hybridized carbons (Fsp3) is 0.500. The van der Waals surface area contributed by atoms with E-state index in [1.807, 2.05) is 24.3 Å². The number of hydrogen-bond donors (Lipinski definition) is 1. The van der Waals surface area contributed by atoms with Crippen molar-refractivity contribution in [2.75, 3.05) is 26.2 Å². The van der Waals surface area contributed by atoms with Gasteiger partial charge in [0.05, 0.1) is 6.04 Å². The van der Waals surface area contributed by atoms with E-state index in [4.69, 9.17) is 23.2 Å². The fourth-order valence-electron chi connectivity index (χ4n) is 5.41. The second-order valence-electron chi connectivity index (χ2n) is 9.36. The van der Waals surface area contributed by atoms with Gasteiger partial charge in [-0.2, -0.15) is 0 Å². The number of piperazine rings is 1. The Kier molecular flexibility index (Phi) is 7.78. The molecular weight excluding hydrogens is 441 g/mol. The van der Waals surface area contributed by atoms with Crippen LogP contribution in [0, 0.1) is 5.92 Å². The zero-order valence-electron chi connectivity index (χ0n) is 18.9. The Balaban J connectivity index is 1.53. The van der Waals surface area contributed by atoms with Crippen LogP contribution in [0.1, 0.15) is 50.3 Å². The summed E-state index contributed by atoms with van der Waals surface area (Å²) in [5.41, 5.74) is 2.40. The zero-order chi connectivity index (χ0) is 22.7. The van der Waals surface area contributed by atoms with Crippen molar-refractivity contribution in [2.45, 2.75) is 51.2 Å². The van der Waals surface area contributed by atoms with Crippen molar-refractivity contribution in [2.24, 2.45) is 5.92 Å². The summed E-state index contributed by atoms with van der Waals surface area (Å²) >= 11 is 12.3. The van der Waals surface area contributed by atoms with E-state index in [2.05, 4.69) is 53.2 Å². The number of nitrogens with zero attached hydrogens (tertiary/aromatic N) is 2. The Morgan fingerprint density at radius 3 is 1.84 bits per heavy atom. The highest BCUT2D eigenvalue weighted by atomic mass is 35.5. The van der Waals surface area contributed by atoms with Gasteiger partial charge in [-0.15, -0.1) is 0 Å². The van der Waals surface area contributed by atoms with Gasteiger partial charge in [0.25, 0.3) is 0 Å². The summed E-state index contributed by atoms with van der Waals surface area (Å²) in [5, 5.41) is 4.86. The van der Waals surface area contributed by atoms with Gasteiger partial charge >= 0.3 is 0 Å². The predicted octanol–water partition coefficient (Wildman–Crippen LogP) is 5.39. The van der Waals surface area contributed by atoms with Crippen LogP contribution in [0.5, 0.6) is 0 Å². The smallest absolute Gasteiger partial charge is 0.223 e. The molecule has 4 rings (SSSR count). The normalized spacial score (nSPS) is 23.0. The van der Waals surface area contributed by atoms with E-state index in [1.165, 1.54) is 11.1 Å². The molecule has 2 fully saturated rings. The molecule has 32 heavy (non-hydrogen) atoms. The molecule has 4 nitrogen and oxygen atoms in total. The fourth-order valence-corrected chi connectivity index (χ4v) is 5.66. The van der Waals surface area contributed by atoms with E-state index in [0.717, 1.165) is 49.1 Å². The largest absolute Gasteiger partial charge is 0.335 e. The molecule has 1 amide bonds. The molecule has 2 aliphatic heterocycles.